The smallest absolute Gasteiger partial charge is 0.310 e. The molecule has 3 aliphatic rings. The molecule has 4 rings (SSSR count). The quantitative estimate of drug-likeness (QED) is 0.538. The largest absolute Gasteiger partial charge is 0.466 e. The van der Waals surface area contributed by atoms with Crippen LogP contribution in [0.3, 0.4) is 0 Å². The SMILES string of the molecule is CCOC(=O)[C@@H]1[C@@H]2CCC3(S2)C(C(=O)Nc2ccccc2Cl)N([C@@H](CO)CC(C)C)C(=O)[C@H]13. The number of para-hydroxylation sites is 1. The van der Waals surface area contributed by atoms with E-state index in [-0.39, 0.29) is 42.2 Å². The molecule has 3 heterocycles. The zero-order valence-corrected chi connectivity index (χ0v) is 20.7. The van der Waals surface area contributed by atoms with E-state index in [4.69, 9.17) is 16.3 Å². The zero-order chi connectivity index (χ0) is 23.9. The van der Waals surface area contributed by atoms with Gasteiger partial charge in [-0.2, -0.15) is 0 Å². The molecular weight excluding hydrogens is 464 g/mol. The number of carbonyl (C=O) groups excluding carboxylic acids is 3. The molecule has 2 N–H and O–H groups in total. The summed E-state index contributed by atoms with van der Waals surface area (Å²) in [5, 5.41) is 13.5. The normalized spacial score (nSPS) is 31.1. The average molecular weight is 495 g/mol. The van der Waals surface area contributed by atoms with Crippen LogP contribution in [0.1, 0.15) is 40.0 Å². The van der Waals surface area contributed by atoms with Gasteiger partial charge >= 0.3 is 5.97 Å². The maximum atomic E-state index is 13.9. The molecule has 7 nitrogen and oxygen atoms in total. The fourth-order valence-electron chi connectivity index (χ4n) is 5.87. The van der Waals surface area contributed by atoms with Crippen LogP contribution in [-0.4, -0.2) is 63.1 Å². The predicted molar refractivity (Wildman–Crippen MR) is 128 cm³/mol. The molecule has 3 aliphatic heterocycles. The number of amides is 2. The van der Waals surface area contributed by atoms with E-state index in [2.05, 4.69) is 5.32 Å². The number of hydrogen-bond donors (Lipinski definition) is 2. The third kappa shape index (κ3) is 4.04. The van der Waals surface area contributed by atoms with Crippen LogP contribution in [0.15, 0.2) is 24.3 Å². The number of aliphatic hydroxyl groups is 1. The van der Waals surface area contributed by atoms with E-state index in [0.717, 1.165) is 6.42 Å². The Bertz CT molecular complexity index is 943. The van der Waals surface area contributed by atoms with Crippen molar-refractivity contribution in [2.45, 2.75) is 62.1 Å². The fraction of sp³-hybridized carbons (Fsp3) is 0.625. The highest BCUT2D eigenvalue weighted by Gasteiger charge is 2.74. The lowest BCUT2D eigenvalue weighted by Crippen LogP contribution is -2.55. The number of hydrogen-bond acceptors (Lipinski definition) is 6. The number of nitrogens with zero attached hydrogens (tertiary/aromatic N) is 1. The Balaban J connectivity index is 1.75. The van der Waals surface area contributed by atoms with Crippen molar-refractivity contribution in [3.8, 4) is 0 Å². The molecular formula is C24H31ClN2O5S. The molecule has 0 aromatic heterocycles. The topological polar surface area (TPSA) is 95.9 Å². The summed E-state index contributed by atoms with van der Waals surface area (Å²) in [7, 11) is 0. The Hall–Kier alpha value is -1.77. The van der Waals surface area contributed by atoms with Crippen LogP contribution >= 0.6 is 23.4 Å². The van der Waals surface area contributed by atoms with Gasteiger partial charge in [0.05, 0.1) is 46.5 Å². The van der Waals surface area contributed by atoms with Gasteiger partial charge in [0.2, 0.25) is 11.8 Å². The summed E-state index contributed by atoms with van der Waals surface area (Å²) in [5.74, 6) is -1.93. The first-order valence-electron chi connectivity index (χ1n) is 11.6. The molecule has 1 aromatic rings. The minimum Gasteiger partial charge on any atom is -0.466 e. The van der Waals surface area contributed by atoms with Gasteiger partial charge < -0.3 is 20.1 Å². The molecule has 6 atom stereocenters. The van der Waals surface area contributed by atoms with Gasteiger partial charge in [0.25, 0.3) is 0 Å². The molecule has 0 aliphatic carbocycles. The Morgan fingerprint density at radius 3 is 2.73 bits per heavy atom. The summed E-state index contributed by atoms with van der Waals surface area (Å²) in [4.78, 5) is 42.1. The van der Waals surface area contributed by atoms with Gasteiger partial charge in [-0.3, -0.25) is 14.4 Å². The highest BCUT2D eigenvalue weighted by molar-refractivity contribution is 8.02. The summed E-state index contributed by atoms with van der Waals surface area (Å²) < 4.78 is 4.61. The average Bonchev–Trinajstić information content (AvgIpc) is 3.41. The summed E-state index contributed by atoms with van der Waals surface area (Å²) in [6.45, 7) is 5.78. The van der Waals surface area contributed by atoms with Gasteiger partial charge in [-0.25, -0.2) is 0 Å². The van der Waals surface area contributed by atoms with Gasteiger partial charge in [0.1, 0.15) is 6.04 Å². The molecule has 33 heavy (non-hydrogen) atoms. The van der Waals surface area contributed by atoms with E-state index >= 15 is 0 Å². The maximum absolute atomic E-state index is 13.9. The molecule has 2 amide bonds. The first kappa shape index (κ1) is 24.4. The number of aliphatic hydroxyl groups excluding tert-OH is 1. The second-order valence-corrected chi connectivity index (χ2v) is 11.5. The van der Waals surface area contributed by atoms with E-state index < -0.39 is 28.7 Å². The van der Waals surface area contributed by atoms with Gasteiger partial charge in [0.15, 0.2) is 0 Å². The number of benzene rings is 1. The molecule has 1 aromatic carbocycles. The number of esters is 1. The van der Waals surface area contributed by atoms with E-state index in [1.165, 1.54) is 0 Å². The van der Waals surface area contributed by atoms with Gasteiger partial charge in [0, 0.05) is 5.25 Å². The number of halogens is 1. The number of ether oxygens (including phenoxy) is 1. The van der Waals surface area contributed by atoms with Crippen LogP contribution in [0.5, 0.6) is 0 Å². The second-order valence-electron chi connectivity index (χ2n) is 9.49. The Morgan fingerprint density at radius 2 is 2.09 bits per heavy atom. The van der Waals surface area contributed by atoms with Gasteiger partial charge in [-0.05, 0) is 44.2 Å². The second kappa shape index (κ2) is 9.47. The van der Waals surface area contributed by atoms with Crippen molar-refractivity contribution in [2.75, 3.05) is 18.5 Å². The lowest BCUT2D eigenvalue weighted by Gasteiger charge is -2.37. The van der Waals surface area contributed by atoms with Crippen molar-refractivity contribution in [3.05, 3.63) is 29.3 Å². The minimum absolute atomic E-state index is 0.0477. The molecule has 2 bridgehead atoms. The van der Waals surface area contributed by atoms with Crippen LogP contribution < -0.4 is 5.32 Å². The molecule has 0 saturated carbocycles. The molecule has 3 fully saturated rings. The summed E-state index contributed by atoms with van der Waals surface area (Å²) >= 11 is 7.86. The summed E-state index contributed by atoms with van der Waals surface area (Å²) in [6.07, 6.45) is 1.96. The maximum Gasteiger partial charge on any atom is 0.310 e. The molecule has 9 heteroatoms. The van der Waals surface area contributed by atoms with Gasteiger partial charge in [-0.15, -0.1) is 11.8 Å². The van der Waals surface area contributed by atoms with Crippen molar-refractivity contribution in [1.82, 2.24) is 4.90 Å². The molecule has 0 radical (unpaired) electrons. The van der Waals surface area contributed by atoms with Crippen molar-refractivity contribution in [3.63, 3.8) is 0 Å². The lowest BCUT2D eigenvalue weighted by atomic mass is 9.71. The summed E-state index contributed by atoms with van der Waals surface area (Å²) in [5.41, 5.74) is 0.473. The standard InChI is InChI=1S/C24H31ClN2O5S/c1-4-32-23(31)18-17-9-10-24(33-17)19(18)22(30)27(14(12-28)11-13(2)3)20(24)21(29)26-16-8-6-5-7-15(16)25/h5-8,13-14,17-20,28H,4,9-12H2,1-3H3,(H,26,29)/t14-,17+,18-,19+,20?,24?/m1/s1. The number of anilines is 1. The Kier molecular flexibility index (Phi) is 6.99. The number of likely N-dealkylation sites (tertiary alicyclic amines) is 1. The Morgan fingerprint density at radius 1 is 1.36 bits per heavy atom. The third-order valence-corrected chi connectivity index (χ3v) is 9.31. The number of rotatable bonds is 8. The first-order valence-corrected chi connectivity index (χ1v) is 12.8. The minimum atomic E-state index is -0.809. The van der Waals surface area contributed by atoms with E-state index in [1.54, 1.807) is 47.9 Å². The fourth-order valence-corrected chi connectivity index (χ4v) is 8.25. The van der Waals surface area contributed by atoms with Crippen LogP contribution in [-0.2, 0) is 19.1 Å². The number of fused-ring (bicyclic) bond motifs is 1. The van der Waals surface area contributed by atoms with Crippen molar-refractivity contribution in [1.29, 1.82) is 0 Å². The van der Waals surface area contributed by atoms with E-state index in [1.807, 2.05) is 13.8 Å². The van der Waals surface area contributed by atoms with Crippen LogP contribution in [0.4, 0.5) is 5.69 Å². The van der Waals surface area contributed by atoms with Crippen LogP contribution in [0, 0.1) is 17.8 Å². The highest BCUT2D eigenvalue weighted by atomic mass is 35.5. The lowest BCUT2D eigenvalue weighted by molar-refractivity contribution is -0.154. The molecule has 3 saturated heterocycles. The van der Waals surface area contributed by atoms with Crippen LogP contribution in [0.2, 0.25) is 5.02 Å². The number of carbonyl (C=O) groups is 3. The summed E-state index contributed by atoms with van der Waals surface area (Å²) in [6, 6.07) is 5.65. The predicted octanol–water partition coefficient (Wildman–Crippen LogP) is 3.34. The molecule has 2 unspecified atom stereocenters. The third-order valence-electron chi connectivity index (χ3n) is 7.02. The van der Waals surface area contributed by atoms with E-state index in [0.29, 0.717) is 23.6 Å². The van der Waals surface area contributed by atoms with Gasteiger partial charge in [-0.1, -0.05) is 37.6 Å². The van der Waals surface area contributed by atoms with Crippen molar-refractivity contribution in [2.24, 2.45) is 17.8 Å². The molecule has 1 spiro atoms. The van der Waals surface area contributed by atoms with Crippen molar-refractivity contribution < 1.29 is 24.2 Å². The zero-order valence-electron chi connectivity index (χ0n) is 19.1. The van der Waals surface area contributed by atoms with E-state index in [9.17, 15) is 19.5 Å². The number of thioether (sulfide) groups is 1. The van der Waals surface area contributed by atoms with Crippen LogP contribution in [0.25, 0.3) is 0 Å². The monoisotopic (exact) mass is 494 g/mol. The Labute approximate surface area is 203 Å². The molecule has 180 valence electrons. The van der Waals surface area contributed by atoms with Crippen molar-refractivity contribution >= 4 is 46.8 Å². The number of nitrogens with one attached hydrogen (secondary N) is 1. The highest BCUT2D eigenvalue weighted by Crippen LogP contribution is 2.66. The first-order chi connectivity index (χ1) is 15.7.